The quantitative estimate of drug-likeness (QED) is 0.564. The number of nitrogens with zero attached hydrogens (tertiary/aromatic N) is 1. The van der Waals surface area contributed by atoms with E-state index in [0.29, 0.717) is 11.5 Å². The van der Waals surface area contributed by atoms with Crippen LogP contribution in [0, 0.1) is 0 Å². The van der Waals surface area contributed by atoms with Gasteiger partial charge in [-0.2, -0.15) is 0 Å². The number of ketones is 1. The van der Waals surface area contributed by atoms with E-state index >= 15 is 0 Å². The van der Waals surface area contributed by atoms with Crippen LogP contribution in [-0.2, 0) is 20.7 Å². The van der Waals surface area contributed by atoms with Crippen LogP contribution in [0.1, 0.15) is 50.3 Å². The van der Waals surface area contributed by atoms with Crippen molar-refractivity contribution in [1.82, 2.24) is 4.90 Å². The van der Waals surface area contributed by atoms with Gasteiger partial charge >= 0.3 is 5.97 Å². The zero-order valence-electron chi connectivity index (χ0n) is 16.4. The predicted octanol–water partition coefficient (Wildman–Crippen LogP) is 3.19. The second kappa shape index (κ2) is 8.03. The van der Waals surface area contributed by atoms with E-state index in [9.17, 15) is 9.59 Å². The third-order valence-corrected chi connectivity index (χ3v) is 5.32. The number of fused-ring (bicyclic) bond motifs is 3. The lowest BCUT2D eigenvalue weighted by atomic mass is 9.81. The Balaban J connectivity index is 2.06. The van der Waals surface area contributed by atoms with Crippen LogP contribution in [0.4, 0.5) is 0 Å². The molecule has 1 aromatic carbocycles. The molecule has 0 fully saturated rings. The van der Waals surface area contributed by atoms with E-state index in [1.54, 1.807) is 27.3 Å². The zero-order chi connectivity index (χ0) is 19.6. The summed E-state index contributed by atoms with van der Waals surface area (Å²) in [7, 11) is 3.23. The number of rotatable bonds is 6. The molecule has 0 radical (unpaired) electrons. The van der Waals surface area contributed by atoms with Gasteiger partial charge in [0.05, 0.1) is 26.9 Å². The molecule has 27 heavy (non-hydrogen) atoms. The normalized spacial score (nSPS) is 21.1. The summed E-state index contributed by atoms with van der Waals surface area (Å²) in [6, 6.07) is 4.10. The molecule has 0 spiro atoms. The first-order valence-corrected chi connectivity index (χ1v) is 9.48. The van der Waals surface area contributed by atoms with Gasteiger partial charge in [0.15, 0.2) is 17.3 Å². The van der Waals surface area contributed by atoms with Crippen molar-refractivity contribution in [1.29, 1.82) is 0 Å². The second-order valence-corrected chi connectivity index (χ2v) is 6.91. The van der Waals surface area contributed by atoms with Gasteiger partial charge in [-0.15, -0.1) is 0 Å². The SMILES string of the molecule is CCCC1Cc2cc(OC)c(OC)cc2C2CC(=O)C(C(=O)OCC)=CN12. The van der Waals surface area contributed by atoms with Gasteiger partial charge in [-0.05, 0) is 43.0 Å². The molecule has 146 valence electrons. The Bertz CT molecular complexity index is 770. The molecular weight excluding hydrogens is 346 g/mol. The molecule has 2 aliphatic heterocycles. The number of methoxy groups -OCH3 is 2. The number of hydrogen-bond acceptors (Lipinski definition) is 6. The van der Waals surface area contributed by atoms with Gasteiger partial charge in [-0.3, -0.25) is 4.79 Å². The van der Waals surface area contributed by atoms with Gasteiger partial charge in [0.2, 0.25) is 0 Å². The first-order chi connectivity index (χ1) is 13.0. The number of hydrogen-bond donors (Lipinski definition) is 0. The van der Waals surface area contributed by atoms with Gasteiger partial charge < -0.3 is 19.1 Å². The Labute approximate surface area is 160 Å². The summed E-state index contributed by atoms with van der Waals surface area (Å²) >= 11 is 0. The summed E-state index contributed by atoms with van der Waals surface area (Å²) in [5.41, 5.74) is 2.39. The average Bonchev–Trinajstić information content (AvgIpc) is 2.67. The highest BCUT2D eigenvalue weighted by molar-refractivity contribution is 6.17. The number of Topliss-reactive ketones (excluding diaryl/α,β-unsaturated/α-hetero) is 1. The van der Waals surface area contributed by atoms with Crippen LogP contribution in [0.5, 0.6) is 11.5 Å². The summed E-state index contributed by atoms with van der Waals surface area (Å²) < 4.78 is 16.0. The Kier molecular flexibility index (Phi) is 5.73. The average molecular weight is 373 g/mol. The molecule has 0 N–H and O–H groups in total. The molecule has 6 nitrogen and oxygen atoms in total. The highest BCUT2D eigenvalue weighted by Gasteiger charge is 2.40. The largest absolute Gasteiger partial charge is 0.493 e. The lowest BCUT2D eigenvalue weighted by Crippen LogP contribution is -2.44. The fourth-order valence-electron chi connectivity index (χ4n) is 4.08. The Hall–Kier alpha value is -2.50. The van der Waals surface area contributed by atoms with Gasteiger partial charge in [0.25, 0.3) is 0 Å². The van der Waals surface area contributed by atoms with Crippen molar-refractivity contribution in [3.63, 3.8) is 0 Å². The summed E-state index contributed by atoms with van der Waals surface area (Å²) in [6.07, 6.45) is 4.81. The Morgan fingerprint density at radius 2 is 1.85 bits per heavy atom. The molecular formula is C21H27NO5. The maximum absolute atomic E-state index is 12.7. The van der Waals surface area contributed by atoms with Crippen molar-refractivity contribution in [3.8, 4) is 11.5 Å². The number of carbonyl (C=O) groups is 2. The van der Waals surface area contributed by atoms with Gasteiger partial charge in [0.1, 0.15) is 5.57 Å². The van der Waals surface area contributed by atoms with Crippen molar-refractivity contribution < 1.29 is 23.8 Å². The van der Waals surface area contributed by atoms with Crippen LogP contribution in [0.25, 0.3) is 0 Å². The minimum absolute atomic E-state index is 0.101. The van der Waals surface area contributed by atoms with E-state index in [4.69, 9.17) is 14.2 Å². The number of ether oxygens (including phenoxy) is 3. The number of carbonyl (C=O) groups excluding carboxylic acids is 2. The zero-order valence-corrected chi connectivity index (χ0v) is 16.4. The first kappa shape index (κ1) is 19.3. The fourth-order valence-corrected chi connectivity index (χ4v) is 4.08. The smallest absolute Gasteiger partial charge is 0.343 e. The second-order valence-electron chi connectivity index (χ2n) is 6.91. The molecule has 0 bridgehead atoms. The third kappa shape index (κ3) is 3.53. The highest BCUT2D eigenvalue weighted by Crippen LogP contribution is 2.44. The molecule has 2 heterocycles. The molecule has 0 amide bonds. The topological polar surface area (TPSA) is 65.1 Å². The van der Waals surface area contributed by atoms with E-state index in [1.165, 1.54) is 5.56 Å². The molecule has 3 rings (SSSR count). The first-order valence-electron chi connectivity index (χ1n) is 9.48. The maximum Gasteiger partial charge on any atom is 0.343 e. The van der Waals surface area contributed by atoms with Crippen LogP contribution in [0.2, 0.25) is 0 Å². The maximum atomic E-state index is 12.7. The van der Waals surface area contributed by atoms with Crippen LogP contribution in [0.15, 0.2) is 23.9 Å². The molecule has 2 atom stereocenters. The monoisotopic (exact) mass is 373 g/mol. The van der Waals surface area contributed by atoms with E-state index in [1.807, 2.05) is 12.1 Å². The van der Waals surface area contributed by atoms with Crippen molar-refractivity contribution in [3.05, 3.63) is 35.0 Å². The molecule has 1 aromatic rings. The summed E-state index contributed by atoms with van der Waals surface area (Å²) in [6.45, 7) is 4.14. The van der Waals surface area contributed by atoms with Crippen molar-refractivity contribution in [2.75, 3.05) is 20.8 Å². The van der Waals surface area contributed by atoms with Gasteiger partial charge in [0, 0.05) is 18.7 Å². The molecule has 6 heteroatoms. The van der Waals surface area contributed by atoms with Crippen LogP contribution in [0.3, 0.4) is 0 Å². The van der Waals surface area contributed by atoms with E-state index < -0.39 is 5.97 Å². The van der Waals surface area contributed by atoms with Gasteiger partial charge in [-0.1, -0.05) is 13.3 Å². The van der Waals surface area contributed by atoms with E-state index in [-0.39, 0.29) is 36.5 Å². The minimum Gasteiger partial charge on any atom is -0.493 e. The molecule has 2 aliphatic rings. The van der Waals surface area contributed by atoms with Crippen LogP contribution < -0.4 is 9.47 Å². The van der Waals surface area contributed by atoms with Crippen LogP contribution >= 0.6 is 0 Å². The molecule has 0 aromatic heterocycles. The fraction of sp³-hybridized carbons (Fsp3) is 0.524. The number of benzene rings is 1. The summed E-state index contributed by atoms with van der Waals surface area (Å²) in [5, 5.41) is 0. The van der Waals surface area contributed by atoms with Crippen LogP contribution in [-0.4, -0.2) is 43.5 Å². The Morgan fingerprint density at radius 1 is 1.15 bits per heavy atom. The summed E-state index contributed by atoms with van der Waals surface area (Å²) in [5.74, 6) is 0.643. The lowest BCUT2D eigenvalue weighted by Gasteiger charge is -2.45. The predicted molar refractivity (Wildman–Crippen MR) is 101 cm³/mol. The van der Waals surface area contributed by atoms with E-state index in [0.717, 1.165) is 24.8 Å². The lowest BCUT2D eigenvalue weighted by molar-refractivity contribution is -0.140. The number of esters is 1. The summed E-state index contributed by atoms with van der Waals surface area (Å²) in [4.78, 5) is 27.0. The Morgan fingerprint density at radius 3 is 2.48 bits per heavy atom. The van der Waals surface area contributed by atoms with Crippen molar-refractivity contribution >= 4 is 11.8 Å². The minimum atomic E-state index is -0.533. The van der Waals surface area contributed by atoms with Crippen molar-refractivity contribution in [2.45, 2.75) is 51.6 Å². The molecule has 0 aliphatic carbocycles. The molecule has 0 saturated heterocycles. The highest BCUT2D eigenvalue weighted by atomic mass is 16.5. The van der Waals surface area contributed by atoms with E-state index in [2.05, 4.69) is 11.8 Å². The molecule has 2 unspecified atom stereocenters. The standard InChI is InChI=1S/C21H27NO5/c1-5-7-14-8-13-9-19(25-3)20(26-4)10-15(13)17-11-18(23)16(12-22(14)17)21(24)27-6-2/h9-10,12,14,17H,5-8,11H2,1-4H3. The molecule has 0 saturated carbocycles. The van der Waals surface area contributed by atoms with Gasteiger partial charge in [-0.25, -0.2) is 4.79 Å². The van der Waals surface area contributed by atoms with Crippen molar-refractivity contribution in [2.24, 2.45) is 0 Å². The third-order valence-electron chi connectivity index (χ3n) is 5.32.